The van der Waals surface area contributed by atoms with Gasteiger partial charge in [-0.3, -0.25) is 0 Å². The first kappa shape index (κ1) is 14.2. The van der Waals surface area contributed by atoms with Crippen LogP contribution in [0.25, 0.3) is 0 Å². The molecule has 1 N–H and O–H groups in total. The minimum absolute atomic E-state index is 0.135. The summed E-state index contributed by atoms with van der Waals surface area (Å²) in [7, 11) is 0. The second-order valence-corrected chi connectivity index (χ2v) is 7.52. The summed E-state index contributed by atoms with van der Waals surface area (Å²) >= 11 is 2.02. The van der Waals surface area contributed by atoms with Gasteiger partial charge in [0.2, 0.25) is 0 Å². The summed E-state index contributed by atoms with van der Waals surface area (Å²) in [6.07, 6.45) is 8.71. The van der Waals surface area contributed by atoms with Crippen molar-refractivity contribution in [3.63, 3.8) is 0 Å². The summed E-state index contributed by atoms with van der Waals surface area (Å²) in [5.41, 5.74) is 0.135. The van der Waals surface area contributed by atoms with Crippen LogP contribution in [0.5, 0.6) is 0 Å². The Morgan fingerprint density at radius 2 is 2.00 bits per heavy atom. The topological polar surface area (TPSA) is 38.7 Å². The van der Waals surface area contributed by atoms with Crippen LogP contribution in [0, 0.1) is 5.92 Å². The molecule has 1 spiro atoms. The number of thioether (sulfide) groups is 1. The number of hydrogen-bond acceptors (Lipinski definition) is 4. The van der Waals surface area contributed by atoms with Crippen LogP contribution >= 0.6 is 11.8 Å². The van der Waals surface area contributed by atoms with Gasteiger partial charge < -0.3 is 14.6 Å². The fourth-order valence-corrected chi connectivity index (χ4v) is 5.06. The maximum atomic E-state index is 9.18. The van der Waals surface area contributed by atoms with E-state index in [1.54, 1.807) is 0 Å². The highest BCUT2D eigenvalue weighted by Gasteiger charge is 2.41. The van der Waals surface area contributed by atoms with Crippen molar-refractivity contribution in [2.24, 2.45) is 5.92 Å². The van der Waals surface area contributed by atoms with Crippen LogP contribution in [-0.4, -0.2) is 47.6 Å². The normalized spacial score (nSPS) is 43.7. The van der Waals surface area contributed by atoms with E-state index in [9.17, 15) is 5.11 Å². The standard InChI is InChI=1S/C15H26O3S/c16-10-12-1-3-13(4-2-12)18-14-5-7-17-15(9-14)6-8-19-11-15/h12-14,16H,1-11H2. The van der Waals surface area contributed by atoms with Crippen molar-refractivity contribution in [2.75, 3.05) is 24.7 Å². The predicted octanol–water partition coefficient (Wildman–Crippen LogP) is 2.61. The van der Waals surface area contributed by atoms with Gasteiger partial charge in [0.25, 0.3) is 0 Å². The lowest BCUT2D eigenvalue weighted by atomic mass is 9.87. The molecular formula is C15H26O3S. The zero-order valence-corrected chi connectivity index (χ0v) is 12.5. The van der Waals surface area contributed by atoms with E-state index in [1.165, 1.54) is 12.2 Å². The van der Waals surface area contributed by atoms with Gasteiger partial charge in [0.05, 0.1) is 17.8 Å². The van der Waals surface area contributed by atoms with Crippen molar-refractivity contribution in [3.8, 4) is 0 Å². The highest BCUT2D eigenvalue weighted by molar-refractivity contribution is 7.99. The molecule has 3 nitrogen and oxygen atoms in total. The molecule has 3 fully saturated rings. The molecule has 19 heavy (non-hydrogen) atoms. The van der Waals surface area contributed by atoms with E-state index in [4.69, 9.17) is 9.47 Å². The molecule has 0 aromatic carbocycles. The second kappa shape index (κ2) is 6.33. The Balaban J connectivity index is 1.47. The third kappa shape index (κ3) is 3.46. The highest BCUT2D eigenvalue weighted by Crippen LogP contribution is 2.40. The van der Waals surface area contributed by atoms with E-state index in [0.29, 0.717) is 24.7 Å². The number of hydrogen-bond donors (Lipinski definition) is 1. The molecule has 0 aromatic rings. The first-order valence-corrected chi connectivity index (χ1v) is 8.93. The first-order valence-electron chi connectivity index (χ1n) is 7.78. The van der Waals surface area contributed by atoms with Crippen molar-refractivity contribution in [2.45, 2.75) is 62.8 Å². The maximum Gasteiger partial charge on any atom is 0.0805 e. The first-order chi connectivity index (χ1) is 9.30. The smallest absolute Gasteiger partial charge is 0.0805 e. The van der Waals surface area contributed by atoms with Gasteiger partial charge in [-0.2, -0.15) is 11.8 Å². The van der Waals surface area contributed by atoms with E-state index in [0.717, 1.165) is 50.9 Å². The van der Waals surface area contributed by atoms with Gasteiger partial charge in [0, 0.05) is 25.4 Å². The Morgan fingerprint density at radius 3 is 2.68 bits per heavy atom. The van der Waals surface area contributed by atoms with Gasteiger partial charge in [-0.1, -0.05) is 0 Å². The van der Waals surface area contributed by atoms with E-state index < -0.39 is 0 Å². The lowest BCUT2D eigenvalue weighted by Crippen LogP contribution is -2.44. The molecule has 110 valence electrons. The van der Waals surface area contributed by atoms with Crippen LogP contribution in [0.15, 0.2) is 0 Å². The van der Waals surface area contributed by atoms with Crippen LogP contribution in [0.3, 0.4) is 0 Å². The van der Waals surface area contributed by atoms with Crippen LogP contribution in [0.2, 0.25) is 0 Å². The maximum absolute atomic E-state index is 9.18. The molecule has 1 aliphatic carbocycles. The summed E-state index contributed by atoms with van der Waals surface area (Å²) in [5, 5.41) is 9.18. The SMILES string of the molecule is OCC1CCC(OC2CCOC3(CCSC3)C2)CC1. The zero-order chi connectivity index (χ0) is 13.1. The molecule has 3 rings (SSSR count). The van der Waals surface area contributed by atoms with Crippen molar-refractivity contribution >= 4 is 11.8 Å². The van der Waals surface area contributed by atoms with Gasteiger partial charge in [0.15, 0.2) is 0 Å². The zero-order valence-electron chi connectivity index (χ0n) is 11.7. The molecule has 0 amide bonds. The van der Waals surface area contributed by atoms with E-state index in [2.05, 4.69) is 0 Å². The highest BCUT2D eigenvalue weighted by atomic mass is 32.2. The molecule has 2 heterocycles. The van der Waals surface area contributed by atoms with Crippen molar-refractivity contribution in [3.05, 3.63) is 0 Å². The summed E-state index contributed by atoms with van der Waals surface area (Å²) < 4.78 is 12.4. The van der Waals surface area contributed by atoms with Crippen LogP contribution < -0.4 is 0 Å². The lowest BCUT2D eigenvalue weighted by molar-refractivity contribution is -0.142. The fraction of sp³-hybridized carbons (Fsp3) is 1.00. The van der Waals surface area contributed by atoms with Crippen molar-refractivity contribution < 1.29 is 14.6 Å². The average Bonchev–Trinajstić information content (AvgIpc) is 2.88. The number of aliphatic hydroxyl groups is 1. The molecule has 2 saturated heterocycles. The Morgan fingerprint density at radius 1 is 1.16 bits per heavy atom. The largest absolute Gasteiger partial charge is 0.396 e. The minimum Gasteiger partial charge on any atom is -0.396 e. The molecule has 2 atom stereocenters. The van der Waals surface area contributed by atoms with Gasteiger partial charge in [-0.25, -0.2) is 0 Å². The van der Waals surface area contributed by atoms with Crippen molar-refractivity contribution in [1.29, 1.82) is 0 Å². The quantitative estimate of drug-likeness (QED) is 0.865. The predicted molar refractivity (Wildman–Crippen MR) is 77.6 cm³/mol. The Labute approximate surface area is 120 Å². The fourth-order valence-electron chi connectivity index (χ4n) is 3.68. The molecular weight excluding hydrogens is 260 g/mol. The third-order valence-electron chi connectivity index (χ3n) is 4.95. The summed E-state index contributed by atoms with van der Waals surface area (Å²) in [5.74, 6) is 2.92. The monoisotopic (exact) mass is 286 g/mol. The Bertz CT molecular complexity index is 283. The molecule has 0 bridgehead atoms. The molecule has 2 unspecified atom stereocenters. The number of aliphatic hydroxyl groups excluding tert-OH is 1. The number of ether oxygens (including phenoxy) is 2. The van der Waals surface area contributed by atoms with Crippen molar-refractivity contribution in [1.82, 2.24) is 0 Å². The third-order valence-corrected chi connectivity index (χ3v) is 6.17. The molecule has 3 aliphatic rings. The van der Waals surface area contributed by atoms with E-state index >= 15 is 0 Å². The van der Waals surface area contributed by atoms with Gasteiger partial charge in [-0.05, 0) is 50.2 Å². The minimum atomic E-state index is 0.135. The van der Waals surface area contributed by atoms with Crippen LogP contribution in [0.1, 0.15) is 44.9 Å². The summed E-state index contributed by atoms with van der Waals surface area (Å²) in [4.78, 5) is 0. The molecule has 0 radical (unpaired) electrons. The number of rotatable bonds is 3. The Kier molecular flexibility index (Phi) is 4.73. The lowest BCUT2D eigenvalue weighted by Gasteiger charge is -2.40. The van der Waals surface area contributed by atoms with Gasteiger partial charge in [-0.15, -0.1) is 0 Å². The molecule has 0 aromatic heterocycles. The van der Waals surface area contributed by atoms with E-state index in [-0.39, 0.29) is 5.60 Å². The summed E-state index contributed by atoms with van der Waals surface area (Å²) in [6.45, 7) is 1.22. The van der Waals surface area contributed by atoms with E-state index in [1.807, 2.05) is 11.8 Å². The Hall–Kier alpha value is 0.230. The molecule has 4 heteroatoms. The second-order valence-electron chi connectivity index (χ2n) is 6.41. The molecule has 2 aliphatic heterocycles. The summed E-state index contributed by atoms with van der Waals surface area (Å²) in [6, 6.07) is 0. The molecule has 1 saturated carbocycles. The van der Waals surface area contributed by atoms with Gasteiger partial charge >= 0.3 is 0 Å². The average molecular weight is 286 g/mol. The van der Waals surface area contributed by atoms with Gasteiger partial charge in [0.1, 0.15) is 0 Å². The van der Waals surface area contributed by atoms with Crippen LogP contribution in [-0.2, 0) is 9.47 Å². The van der Waals surface area contributed by atoms with Crippen LogP contribution in [0.4, 0.5) is 0 Å².